The lowest BCUT2D eigenvalue weighted by molar-refractivity contribution is -0.142. The number of nitrogens with zero attached hydrogens (tertiary/aromatic N) is 2. The highest BCUT2D eigenvalue weighted by atomic mass is 16.6. The number of anilines is 1. The fourth-order valence-electron chi connectivity index (χ4n) is 2.49. The van der Waals surface area contributed by atoms with E-state index in [4.69, 9.17) is 9.47 Å². The predicted molar refractivity (Wildman–Crippen MR) is 86.6 cm³/mol. The molecule has 1 amide bonds. The quantitative estimate of drug-likeness (QED) is 0.783. The molecule has 0 spiro atoms. The molecular formula is C17H24N2O4. The average molecular weight is 320 g/mol. The summed E-state index contributed by atoms with van der Waals surface area (Å²) in [5.74, 6) is -0.247. The Bertz CT molecular complexity index is 607. The van der Waals surface area contributed by atoms with Gasteiger partial charge in [-0.2, -0.15) is 0 Å². The first-order chi connectivity index (χ1) is 10.7. The van der Waals surface area contributed by atoms with Gasteiger partial charge in [-0.25, -0.2) is 9.78 Å². The van der Waals surface area contributed by atoms with Gasteiger partial charge in [0.25, 0.3) is 0 Å². The maximum absolute atomic E-state index is 12.4. The molecule has 0 saturated carbocycles. The predicted octanol–water partition coefficient (Wildman–Crippen LogP) is 3.05. The average Bonchev–Trinajstić information content (AvgIpc) is 2.50. The van der Waals surface area contributed by atoms with Gasteiger partial charge in [0.05, 0.1) is 18.7 Å². The third kappa shape index (κ3) is 4.00. The number of pyridine rings is 1. The number of methoxy groups -OCH3 is 1. The molecule has 23 heavy (non-hydrogen) atoms. The Hall–Kier alpha value is -2.11. The number of aryl methyl sites for hydroxylation is 1. The Balaban J connectivity index is 2.32. The number of rotatable bonds is 2. The summed E-state index contributed by atoms with van der Waals surface area (Å²) >= 11 is 0. The smallest absolute Gasteiger partial charge is 0.416 e. The molecule has 0 fully saturated rings. The molecule has 0 bridgehead atoms. The number of esters is 1. The van der Waals surface area contributed by atoms with E-state index in [-0.39, 0.29) is 5.97 Å². The molecule has 6 heteroatoms. The number of hydrogen-bond acceptors (Lipinski definition) is 5. The second-order valence-corrected chi connectivity index (χ2v) is 6.70. The van der Waals surface area contributed by atoms with Crippen LogP contribution in [0.4, 0.5) is 10.6 Å². The van der Waals surface area contributed by atoms with Crippen LogP contribution >= 0.6 is 0 Å². The number of hydrogen-bond donors (Lipinski definition) is 0. The first-order valence-corrected chi connectivity index (χ1v) is 7.81. The van der Waals surface area contributed by atoms with Crippen molar-refractivity contribution in [3.63, 3.8) is 0 Å². The first-order valence-electron chi connectivity index (χ1n) is 7.81. The van der Waals surface area contributed by atoms with Gasteiger partial charge in [-0.3, -0.25) is 9.69 Å². The van der Waals surface area contributed by atoms with Crippen molar-refractivity contribution in [3.8, 4) is 0 Å². The van der Waals surface area contributed by atoms with E-state index in [0.717, 1.165) is 18.4 Å². The van der Waals surface area contributed by atoms with Gasteiger partial charge in [0.1, 0.15) is 11.4 Å². The van der Waals surface area contributed by atoms with Crippen LogP contribution in [0.25, 0.3) is 0 Å². The Morgan fingerprint density at radius 2 is 2.00 bits per heavy atom. The van der Waals surface area contributed by atoms with E-state index in [9.17, 15) is 9.59 Å². The van der Waals surface area contributed by atoms with Crippen LogP contribution in [-0.2, 0) is 20.7 Å². The van der Waals surface area contributed by atoms with E-state index >= 15 is 0 Å². The van der Waals surface area contributed by atoms with Crippen molar-refractivity contribution in [2.45, 2.75) is 52.1 Å². The van der Waals surface area contributed by atoms with Crippen molar-refractivity contribution in [1.82, 2.24) is 4.98 Å². The SMILES string of the molecule is COC(=O)[C@H](C)c1ccc2c(n1)N(C(=O)OC(C)(C)C)CCC2. The molecule has 1 aromatic rings. The van der Waals surface area contributed by atoms with E-state index in [1.165, 1.54) is 7.11 Å². The Morgan fingerprint density at radius 3 is 2.61 bits per heavy atom. The topological polar surface area (TPSA) is 68.7 Å². The van der Waals surface area contributed by atoms with Crippen molar-refractivity contribution < 1.29 is 19.1 Å². The number of carbonyl (C=O) groups is 2. The minimum atomic E-state index is -0.564. The summed E-state index contributed by atoms with van der Waals surface area (Å²) in [5, 5.41) is 0. The van der Waals surface area contributed by atoms with Gasteiger partial charge in [-0.05, 0) is 52.2 Å². The molecule has 1 atom stereocenters. The van der Waals surface area contributed by atoms with Crippen molar-refractivity contribution in [2.75, 3.05) is 18.6 Å². The van der Waals surface area contributed by atoms with Crippen molar-refractivity contribution in [1.29, 1.82) is 0 Å². The first kappa shape index (κ1) is 17.2. The molecule has 0 aliphatic carbocycles. The summed E-state index contributed by atoms with van der Waals surface area (Å²) in [6.07, 6.45) is 1.31. The number of ether oxygens (including phenoxy) is 2. The zero-order valence-corrected chi connectivity index (χ0v) is 14.4. The monoisotopic (exact) mass is 320 g/mol. The third-order valence-electron chi connectivity index (χ3n) is 3.67. The van der Waals surface area contributed by atoms with Gasteiger partial charge in [0.15, 0.2) is 0 Å². The molecule has 126 valence electrons. The number of aromatic nitrogens is 1. The van der Waals surface area contributed by atoms with Gasteiger partial charge in [0, 0.05) is 6.54 Å². The minimum Gasteiger partial charge on any atom is -0.469 e. The zero-order valence-electron chi connectivity index (χ0n) is 14.4. The molecule has 2 rings (SSSR count). The van der Waals surface area contributed by atoms with E-state index < -0.39 is 17.6 Å². The highest BCUT2D eigenvalue weighted by Gasteiger charge is 2.29. The zero-order chi connectivity index (χ0) is 17.2. The largest absolute Gasteiger partial charge is 0.469 e. The molecule has 6 nitrogen and oxygen atoms in total. The molecule has 0 radical (unpaired) electrons. The highest BCUT2D eigenvalue weighted by molar-refractivity contribution is 5.88. The van der Waals surface area contributed by atoms with Gasteiger partial charge < -0.3 is 9.47 Å². The highest BCUT2D eigenvalue weighted by Crippen LogP contribution is 2.29. The van der Waals surface area contributed by atoms with Crippen molar-refractivity contribution in [2.24, 2.45) is 0 Å². The Kier molecular flexibility index (Phi) is 4.92. The van der Waals surface area contributed by atoms with Gasteiger partial charge in [-0.1, -0.05) is 6.07 Å². The molecule has 0 unspecified atom stereocenters. The second-order valence-electron chi connectivity index (χ2n) is 6.70. The summed E-state index contributed by atoms with van der Waals surface area (Å²) in [6, 6.07) is 3.74. The normalized spacial score (nSPS) is 15.6. The summed E-state index contributed by atoms with van der Waals surface area (Å²) in [4.78, 5) is 30.2. The summed E-state index contributed by atoms with van der Waals surface area (Å²) in [7, 11) is 1.35. The maximum Gasteiger partial charge on any atom is 0.416 e. The van der Waals surface area contributed by atoms with Gasteiger partial charge in [0.2, 0.25) is 0 Å². The Morgan fingerprint density at radius 1 is 1.30 bits per heavy atom. The third-order valence-corrected chi connectivity index (χ3v) is 3.67. The molecule has 0 saturated heterocycles. The van der Waals surface area contributed by atoms with Gasteiger partial charge >= 0.3 is 12.1 Å². The van der Waals surface area contributed by atoms with Crippen LogP contribution in [0.1, 0.15) is 51.3 Å². The van der Waals surface area contributed by atoms with Crippen LogP contribution in [0.2, 0.25) is 0 Å². The number of amides is 1. The number of carbonyl (C=O) groups excluding carboxylic acids is 2. The maximum atomic E-state index is 12.4. The van der Waals surface area contributed by atoms with Crippen LogP contribution in [0.3, 0.4) is 0 Å². The lowest BCUT2D eigenvalue weighted by Crippen LogP contribution is -2.40. The fourth-order valence-corrected chi connectivity index (χ4v) is 2.49. The number of fused-ring (bicyclic) bond motifs is 1. The molecule has 1 aromatic heterocycles. The van der Waals surface area contributed by atoms with E-state index in [1.807, 2.05) is 32.9 Å². The molecule has 1 aliphatic heterocycles. The second kappa shape index (κ2) is 6.56. The molecule has 0 N–H and O–H groups in total. The molecule has 1 aliphatic rings. The van der Waals surface area contributed by atoms with E-state index in [1.54, 1.807) is 11.8 Å². The van der Waals surface area contributed by atoms with Crippen LogP contribution in [0.5, 0.6) is 0 Å². The molecule has 2 heterocycles. The van der Waals surface area contributed by atoms with Gasteiger partial charge in [-0.15, -0.1) is 0 Å². The van der Waals surface area contributed by atoms with Crippen molar-refractivity contribution >= 4 is 17.9 Å². The molecule has 0 aromatic carbocycles. The standard InChI is InChI=1S/C17H24N2O4/c1-11(15(20)22-5)13-9-8-12-7-6-10-19(14(12)18-13)16(21)23-17(2,3)4/h8-9,11H,6-7,10H2,1-5H3/t11-/m1/s1. The summed E-state index contributed by atoms with van der Waals surface area (Å²) < 4.78 is 10.2. The lowest BCUT2D eigenvalue weighted by Gasteiger charge is -2.31. The Labute approximate surface area is 136 Å². The van der Waals surface area contributed by atoms with Crippen LogP contribution in [0.15, 0.2) is 12.1 Å². The van der Waals surface area contributed by atoms with Crippen LogP contribution < -0.4 is 4.90 Å². The van der Waals surface area contributed by atoms with Crippen LogP contribution in [0, 0.1) is 0 Å². The fraction of sp³-hybridized carbons (Fsp3) is 0.588. The van der Waals surface area contributed by atoms with E-state index in [2.05, 4.69) is 4.98 Å². The molecular weight excluding hydrogens is 296 g/mol. The van der Waals surface area contributed by atoms with E-state index in [0.29, 0.717) is 18.1 Å². The summed E-state index contributed by atoms with van der Waals surface area (Å²) in [5.41, 5.74) is 1.01. The summed E-state index contributed by atoms with van der Waals surface area (Å²) in [6.45, 7) is 7.79. The minimum absolute atomic E-state index is 0.350. The van der Waals surface area contributed by atoms with Crippen LogP contribution in [-0.4, -0.2) is 36.3 Å². The lowest BCUT2D eigenvalue weighted by atomic mass is 10.0. The van der Waals surface area contributed by atoms with Crippen molar-refractivity contribution in [3.05, 3.63) is 23.4 Å².